The maximum absolute atomic E-state index is 13.6. The number of ether oxygens (including phenoxy) is 1. The van der Waals surface area contributed by atoms with Gasteiger partial charge in [-0.15, -0.1) is 0 Å². The second kappa shape index (κ2) is 6.25. The third-order valence-electron chi connectivity index (χ3n) is 3.63. The number of carbonyl (C=O) groups excluding carboxylic acids is 1. The van der Waals surface area contributed by atoms with Gasteiger partial charge in [-0.2, -0.15) is 0 Å². The lowest BCUT2D eigenvalue weighted by Crippen LogP contribution is -2.38. The molecule has 2 rings (SSSR count). The molecule has 0 N–H and O–H groups in total. The summed E-state index contributed by atoms with van der Waals surface area (Å²) in [5.41, 5.74) is 0.830. The van der Waals surface area contributed by atoms with E-state index >= 15 is 0 Å². The number of hydrogen-bond acceptors (Lipinski definition) is 2. The van der Waals surface area contributed by atoms with Gasteiger partial charge in [0, 0.05) is 18.5 Å². The number of methoxy groups -OCH3 is 1. The van der Waals surface area contributed by atoms with Crippen LogP contribution in [0.3, 0.4) is 0 Å². The van der Waals surface area contributed by atoms with Crippen LogP contribution in [0.4, 0.5) is 4.39 Å². The molecule has 0 heterocycles. The Morgan fingerprint density at radius 2 is 2.15 bits per heavy atom. The molecule has 20 heavy (non-hydrogen) atoms. The number of amides is 1. The quantitative estimate of drug-likeness (QED) is 0.800. The second-order valence-electron chi connectivity index (χ2n) is 5.59. The van der Waals surface area contributed by atoms with Gasteiger partial charge in [0.15, 0.2) is 11.6 Å². The SMILES string of the molecule is COc1ccc(CCC(=O)N(C(C)C)C2CC2)cc1F. The first kappa shape index (κ1) is 14.8. The molecule has 0 aliphatic heterocycles. The van der Waals surface area contributed by atoms with Gasteiger partial charge in [-0.3, -0.25) is 4.79 Å². The van der Waals surface area contributed by atoms with Crippen LogP contribution in [0, 0.1) is 5.82 Å². The number of aryl methyl sites for hydroxylation is 1. The van der Waals surface area contributed by atoms with E-state index in [-0.39, 0.29) is 23.5 Å². The van der Waals surface area contributed by atoms with Gasteiger partial charge in [0.25, 0.3) is 0 Å². The van der Waals surface area contributed by atoms with Crippen molar-refractivity contribution >= 4 is 5.91 Å². The van der Waals surface area contributed by atoms with Crippen molar-refractivity contribution in [2.24, 2.45) is 0 Å². The maximum atomic E-state index is 13.6. The summed E-state index contributed by atoms with van der Waals surface area (Å²) in [6, 6.07) is 5.53. The van der Waals surface area contributed by atoms with E-state index in [9.17, 15) is 9.18 Å². The maximum Gasteiger partial charge on any atom is 0.223 e. The van der Waals surface area contributed by atoms with Gasteiger partial charge in [0.05, 0.1) is 7.11 Å². The molecule has 0 radical (unpaired) electrons. The van der Waals surface area contributed by atoms with Crippen molar-refractivity contribution in [3.05, 3.63) is 29.6 Å². The van der Waals surface area contributed by atoms with Crippen LogP contribution in [0.25, 0.3) is 0 Å². The first-order valence-corrected chi connectivity index (χ1v) is 7.16. The van der Waals surface area contributed by atoms with Crippen LogP contribution in [0.2, 0.25) is 0 Å². The molecule has 0 saturated heterocycles. The Morgan fingerprint density at radius 1 is 1.45 bits per heavy atom. The van der Waals surface area contributed by atoms with Crippen molar-refractivity contribution in [3.63, 3.8) is 0 Å². The fraction of sp³-hybridized carbons (Fsp3) is 0.562. The van der Waals surface area contributed by atoms with Gasteiger partial charge in [0.2, 0.25) is 5.91 Å². The van der Waals surface area contributed by atoms with Gasteiger partial charge >= 0.3 is 0 Å². The van der Waals surface area contributed by atoms with Gasteiger partial charge in [-0.25, -0.2) is 4.39 Å². The lowest BCUT2D eigenvalue weighted by atomic mass is 10.1. The van der Waals surface area contributed by atoms with Crippen molar-refractivity contribution in [3.8, 4) is 5.75 Å². The van der Waals surface area contributed by atoms with Crippen LogP contribution in [0.15, 0.2) is 18.2 Å². The van der Waals surface area contributed by atoms with E-state index in [1.807, 2.05) is 24.8 Å². The van der Waals surface area contributed by atoms with Crippen molar-refractivity contribution in [2.75, 3.05) is 7.11 Å². The summed E-state index contributed by atoms with van der Waals surface area (Å²) in [5.74, 6) is 0.0287. The first-order valence-electron chi connectivity index (χ1n) is 7.16. The van der Waals surface area contributed by atoms with Crippen molar-refractivity contribution in [1.82, 2.24) is 4.90 Å². The lowest BCUT2D eigenvalue weighted by Gasteiger charge is -2.26. The molecule has 0 unspecified atom stereocenters. The van der Waals surface area contributed by atoms with Crippen molar-refractivity contribution in [1.29, 1.82) is 0 Å². The summed E-state index contributed by atoms with van der Waals surface area (Å²) < 4.78 is 18.5. The summed E-state index contributed by atoms with van der Waals surface area (Å²) in [6.07, 6.45) is 3.22. The smallest absolute Gasteiger partial charge is 0.223 e. The molecule has 1 saturated carbocycles. The monoisotopic (exact) mass is 279 g/mol. The zero-order chi connectivity index (χ0) is 14.7. The van der Waals surface area contributed by atoms with E-state index < -0.39 is 0 Å². The van der Waals surface area contributed by atoms with Crippen LogP contribution in [0.5, 0.6) is 5.75 Å². The highest BCUT2D eigenvalue weighted by molar-refractivity contribution is 5.77. The van der Waals surface area contributed by atoms with E-state index in [2.05, 4.69) is 0 Å². The van der Waals surface area contributed by atoms with E-state index in [0.717, 1.165) is 18.4 Å². The summed E-state index contributed by atoms with van der Waals surface area (Å²) in [5, 5.41) is 0. The normalized spacial score (nSPS) is 14.4. The summed E-state index contributed by atoms with van der Waals surface area (Å²) >= 11 is 0. The predicted molar refractivity (Wildman–Crippen MR) is 76.3 cm³/mol. The molecule has 4 heteroatoms. The minimum atomic E-state index is -0.375. The molecular formula is C16H22FNO2. The number of rotatable bonds is 6. The summed E-state index contributed by atoms with van der Waals surface area (Å²) in [4.78, 5) is 14.2. The summed E-state index contributed by atoms with van der Waals surface area (Å²) in [7, 11) is 1.44. The Kier molecular flexibility index (Phi) is 4.63. The average molecular weight is 279 g/mol. The molecule has 0 aromatic heterocycles. The molecule has 3 nitrogen and oxygen atoms in total. The predicted octanol–water partition coefficient (Wildman–Crippen LogP) is 3.17. The molecule has 1 aliphatic rings. The van der Waals surface area contributed by atoms with Crippen LogP contribution < -0.4 is 4.74 Å². The third kappa shape index (κ3) is 3.50. The molecule has 110 valence electrons. The Morgan fingerprint density at radius 3 is 2.65 bits per heavy atom. The van der Waals surface area contributed by atoms with E-state index in [1.54, 1.807) is 6.07 Å². The standard InChI is InChI=1S/C16H22FNO2/c1-11(2)18(13-6-7-13)16(19)9-5-12-4-8-15(20-3)14(17)10-12/h4,8,10-11,13H,5-7,9H2,1-3H3. The Hall–Kier alpha value is -1.58. The highest BCUT2D eigenvalue weighted by atomic mass is 19.1. The number of benzene rings is 1. The summed E-state index contributed by atoms with van der Waals surface area (Å²) in [6.45, 7) is 4.09. The zero-order valence-electron chi connectivity index (χ0n) is 12.4. The Bertz CT molecular complexity index is 481. The fourth-order valence-corrected chi connectivity index (χ4v) is 2.51. The van der Waals surface area contributed by atoms with Crippen LogP contribution >= 0.6 is 0 Å². The number of hydrogen-bond donors (Lipinski definition) is 0. The highest BCUT2D eigenvalue weighted by Crippen LogP contribution is 2.29. The molecule has 0 atom stereocenters. The number of nitrogens with zero attached hydrogens (tertiary/aromatic N) is 1. The van der Waals surface area contributed by atoms with Crippen molar-refractivity contribution in [2.45, 2.75) is 51.6 Å². The topological polar surface area (TPSA) is 29.5 Å². The van der Waals surface area contributed by atoms with Gasteiger partial charge in [-0.1, -0.05) is 6.07 Å². The van der Waals surface area contributed by atoms with Crippen LogP contribution in [0.1, 0.15) is 38.7 Å². The first-order chi connectivity index (χ1) is 9.52. The molecule has 1 aliphatic carbocycles. The lowest BCUT2D eigenvalue weighted by molar-refractivity contribution is -0.133. The largest absolute Gasteiger partial charge is 0.494 e. The zero-order valence-corrected chi connectivity index (χ0v) is 12.4. The average Bonchev–Trinajstić information content (AvgIpc) is 3.21. The minimum absolute atomic E-state index is 0.165. The molecule has 1 amide bonds. The Balaban J connectivity index is 1.94. The number of halogens is 1. The molecular weight excluding hydrogens is 257 g/mol. The molecule has 1 aromatic carbocycles. The molecule has 0 spiro atoms. The van der Waals surface area contributed by atoms with Gasteiger partial charge in [-0.05, 0) is 50.8 Å². The fourth-order valence-electron chi connectivity index (χ4n) is 2.51. The molecule has 1 aromatic rings. The van der Waals surface area contributed by atoms with Crippen LogP contribution in [-0.2, 0) is 11.2 Å². The van der Waals surface area contributed by atoms with Crippen molar-refractivity contribution < 1.29 is 13.9 Å². The van der Waals surface area contributed by atoms with Gasteiger partial charge < -0.3 is 9.64 Å². The molecule has 0 bridgehead atoms. The second-order valence-corrected chi connectivity index (χ2v) is 5.59. The highest BCUT2D eigenvalue weighted by Gasteiger charge is 2.33. The number of carbonyl (C=O) groups is 1. The van der Waals surface area contributed by atoms with Crippen LogP contribution in [-0.4, -0.2) is 30.0 Å². The Labute approximate surface area is 119 Å². The van der Waals surface area contributed by atoms with Gasteiger partial charge in [0.1, 0.15) is 0 Å². The van der Waals surface area contributed by atoms with E-state index in [0.29, 0.717) is 18.9 Å². The third-order valence-corrected chi connectivity index (χ3v) is 3.63. The van der Waals surface area contributed by atoms with E-state index in [4.69, 9.17) is 4.74 Å². The van der Waals surface area contributed by atoms with E-state index in [1.165, 1.54) is 13.2 Å². The molecule has 1 fully saturated rings. The minimum Gasteiger partial charge on any atom is -0.494 e.